The van der Waals surface area contributed by atoms with Crippen LogP contribution in [0.1, 0.15) is 6.92 Å². The van der Waals surface area contributed by atoms with Crippen molar-refractivity contribution in [3.8, 4) is 28.3 Å². The molecule has 0 aliphatic rings. The Morgan fingerprint density at radius 1 is 0.885 bits per heavy atom. The zero-order valence-electron chi connectivity index (χ0n) is 14.3. The number of methoxy groups -OCH3 is 1. The topological polar surface area (TPSA) is 26.2 Å². The van der Waals surface area contributed by atoms with Crippen molar-refractivity contribution in [2.45, 2.75) is 13.5 Å². The van der Waals surface area contributed by atoms with Crippen LogP contribution in [-0.2, 0) is 6.54 Å². The highest BCUT2D eigenvalue weighted by atomic mass is 19.5. The fraction of sp³-hybridized carbons (Fsp3) is 0.167. The first-order chi connectivity index (χ1) is 12.3. The van der Waals surface area contributed by atoms with E-state index in [1.54, 1.807) is 7.11 Å². The summed E-state index contributed by atoms with van der Waals surface area (Å²) in [6.45, 7) is 2.80. The summed E-state index contributed by atoms with van der Waals surface area (Å²) in [6.07, 6.45) is 0. The van der Waals surface area contributed by atoms with Crippen LogP contribution >= 0.6 is 0 Å². The maximum Gasteiger partial charge on any atom is 0.673 e. The summed E-state index contributed by atoms with van der Waals surface area (Å²) in [5, 5.41) is 0. The third-order valence-corrected chi connectivity index (χ3v) is 3.45. The van der Waals surface area contributed by atoms with Crippen molar-refractivity contribution in [1.29, 1.82) is 0 Å². The van der Waals surface area contributed by atoms with Gasteiger partial charge in [0.25, 0.3) is 5.76 Å². The first-order valence-corrected chi connectivity index (χ1v) is 7.94. The van der Waals surface area contributed by atoms with E-state index in [2.05, 4.69) is 19.1 Å². The lowest BCUT2D eigenvalue weighted by molar-refractivity contribution is -0.851. The molecule has 0 fully saturated rings. The quantitative estimate of drug-likeness (QED) is 0.359. The summed E-state index contributed by atoms with van der Waals surface area (Å²) < 4.78 is 52.5. The van der Waals surface area contributed by atoms with E-state index in [9.17, 15) is 17.3 Å². The van der Waals surface area contributed by atoms with E-state index in [-0.39, 0.29) is 0 Å². The van der Waals surface area contributed by atoms with Crippen LogP contribution in [0.3, 0.4) is 0 Å². The molecule has 1 heterocycles. The predicted molar refractivity (Wildman–Crippen MR) is 92.2 cm³/mol. The van der Waals surface area contributed by atoms with Gasteiger partial charge in [0, 0.05) is 5.56 Å². The molecule has 3 rings (SSSR count). The maximum atomic E-state index is 9.75. The second kappa shape index (κ2) is 8.55. The number of ether oxygens (including phenoxy) is 1. The highest BCUT2D eigenvalue weighted by Crippen LogP contribution is 2.37. The molecule has 0 spiro atoms. The van der Waals surface area contributed by atoms with Crippen LogP contribution in [0.5, 0.6) is 5.75 Å². The highest BCUT2D eigenvalue weighted by Gasteiger charge is 2.30. The molecular weight excluding hydrogens is 349 g/mol. The smallest absolute Gasteiger partial charge is 0.487 e. The maximum absolute atomic E-state index is 9.75. The van der Waals surface area contributed by atoms with Crippen molar-refractivity contribution in [2.24, 2.45) is 0 Å². The number of hydrogen-bond acceptors (Lipinski definition) is 2. The Morgan fingerprint density at radius 3 is 1.77 bits per heavy atom. The van der Waals surface area contributed by atoms with Gasteiger partial charge in [-0.1, -0.05) is 48.5 Å². The molecule has 8 heteroatoms. The number of hydrogen-bond donors (Lipinski definition) is 0. The Morgan fingerprint density at radius 2 is 1.35 bits per heavy atom. The predicted octanol–water partition coefficient (Wildman–Crippen LogP) is 5.23. The fourth-order valence-electron chi connectivity index (χ4n) is 2.47. The van der Waals surface area contributed by atoms with Crippen molar-refractivity contribution in [3.05, 3.63) is 60.7 Å². The van der Waals surface area contributed by atoms with Gasteiger partial charge in [-0.2, -0.15) is 0 Å². The molecule has 26 heavy (non-hydrogen) atoms. The van der Waals surface area contributed by atoms with Gasteiger partial charge in [0.15, 0.2) is 6.54 Å². The van der Waals surface area contributed by atoms with Crippen LogP contribution in [0.25, 0.3) is 22.6 Å². The first kappa shape index (κ1) is 19.6. The third-order valence-electron chi connectivity index (χ3n) is 3.45. The number of halogens is 4. The number of aromatic nitrogens is 1. The Balaban J connectivity index is 0.000000431. The zero-order valence-corrected chi connectivity index (χ0v) is 14.3. The summed E-state index contributed by atoms with van der Waals surface area (Å²) in [5.74, 6) is 1.54. The van der Waals surface area contributed by atoms with Gasteiger partial charge in [-0.15, -0.1) is 0 Å². The summed E-state index contributed by atoms with van der Waals surface area (Å²) >= 11 is 0. The molecule has 0 saturated carbocycles. The van der Waals surface area contributed by atoms with Gasteiger partial charge in [0.05, 0.1) is 12.7 Å². The monoisotopic (exact) mass is 367 g/mol. The lowest BCUT2D eigenvalue weighted by Crippen LogP contribution is -2.31. The lowest BCUT2D eigenvalue weighted by Gasteiger charge is -1.99. The van der Waals surface area contributed by atoms with Gasteiger partial charge in [-0.3, -0.25) is 0 Å². The summed E-state index contributed by atoms with van der Waals surface area (Å²) in [5.41, 5.74) is 3.07. The van der Waals surface area contributed by atoms with E-state index in [0.717, 1.165) is 34.9 Å². The minimum atomic E-state index is -6.00. The van der Waals surface area contributed by atoms with Crippen LogP contribution < -0.4 is 9.48 Å². The van der Waals surface area contributed by atoms with Crippen molar-refractivity contribution >= 4 is 7.25 Å². The SMILES string of the molecule is CC[n+]1oc(-c2ccccc2)c(OC)c1-c1ccccc1.F[B-](F)(F)F. The van der Waals surface area contributed by atoms with E-state index >= 15 is 0 Å². The van der Waals surface area contributed by atoms with Gasteiger partial charge < -0.3 is 22.0 Å². The molecule has 0 radical (unpaired) electrons. The van der Waals surface area contributed by atoms with Crippen LogP contribution in [0, 0.1) is 0 Å². The molecule has 0 aliphatic heterocycles. The normalized spacial score (nSPS) is 10.8. The molecule has 0 unspecified atom stereocenters. The number of rotatable bonds is 4. The molecule has 3 nitrogen and oxygen atoms in total. The number of benzene rings is 2. The zero-order chi connectivity index (χ0) is 19.2. The van der Waals surface area contributed by atoms with Gasteiger partial charge in [0.1, 0.15) is 0 Å². The van der Waals surface area contributed by atoms with Crippen LogP contribution in [0.4, 0.5) is 17.3 Å². The molecule has 0 atom stereocenters. The van der Waals surface area contributed by atoms with Crippen molar-refractivity contribution in [2.75, 3.05) is 7.11 Å². The molecule has 0 saturated heterocycles. The Kier molecular flexibility index (Phi) is 6.44. The highest BCUT2D eigenvalue weighted by molar-refractivity contribution is 6.50. The van der Waals surface area contributed by atoms with Gasteiger partial charge in [-0.05, 0) is 23.8 Å². The average Bonchev–Trinajstić information content (AvgIpc) is 3.00. The van der Waals surface area contributed by atoms with E-state index in [4.69, 9.17) is 9.26 Å². The fourth-order valence-corrected chi connectivity index (χ4v) is 2.47. The molecule has 0 N–H and O–H groups in total. The second-order valence-electron chi connectivity index (χ2n) is 5.22. The average molecular weight is 367 g/mol. The number of nitrogens with zero attached hydrogens (tertiary/aromatic N) is 1. The van der Waals surface area contributed by atoms with E-state index in [1.807, 2.05) is 53.3 Å². The third kappa shape index (κ3) is 5.11. The minimum Gasteiger partial charge on any atom is -0.487 e. The Labute approximate surface area is 148 Å². The van der Waals surface area contributed by atoms with Gasteiger partial charge >= 0.3 is 12.9 Å². The van der Waals surface area contributed by atoms with E-state index in [0.29, 0.717) is 0 Å². The Bertz CT molecular complexity index is 814. The molecule has 1 aromatic heterocycles. The van der Waals surface area contributed by atoms with E-state index in [1.165, 1.54) is 0 Å². The summed E-state index contributed by atoms with van der Waals surface area (Å²) in [6, 6.07) is 20.2. The largest absolute Gasteiger partial charge is 0.673 e. The summed E-state index contributed by atoms with van der Waals surface area (Å²) in [7, 11) is -4.32. The first-order valence-electron chi connectivity index (χ1n) is 7.94. The second-order valence-corrected chi connectivity index (χ2v) is 5.22. The molecule has 0 bridgehead atoms. The molecule has 138 valence electrons. The van der Waals surface area contributed by atoms with E-state index < -0.39 is 7.25 Å². The number of aryl methyl sites for hydroxylation is 1. The molecule has 2 aromatic carbocycles. The van der Waals surface area contributed by atoms with Crippen LogP contribution in [0.15, 0.2) is 65.2 Å². The molecule has 3 aromatic rings. The Hall–Kier alpha value is -2.77. The van der Waals surface area contributed by atoms with Crippen molar-refractivity contribution in [3.63, 3.8) is 0 Å². The van der Waals surface area contributed by atoms with Crippen LogP contribution in [0.2, 0.25) is 0 Å². The van der Waals surface area contributed by atoms with Gasteiger partial charge in [0.2, 0.25) is 5.75 Å². The summed E-state index contributed by atoms with van der Waals surface area (Å²) in [4.78, 5) is 0. The minimum absolute atomic E-state index is 0.743. The molecular formula is C18H18BF4NO2. The van der Waals surface area contributed by atoms with Crippen LogP contribution in [-0.4, -0.2) is 14.4 Å². The molecule has 0 aliphatic carbocycles. The lowest BCUT2D eigenvalue weighted by atomic mass is 10.1. The molecule has 0 amide bonds. The van der Waals surface area contributed by atoms with Crippen molar-refractivity contribution < 1.29 is 31.3 Å². The van der Waals surface area contributed by atoms with Gasteiger partial charge in [-0.25, -0.2) is 4.52 Å². The van der Waals surface area contributed by atoms with Crippen molar-refractivity contribution in [1.82, 2.24) is 0 Å². The standard InChI is InChI=1S/C18H18NO2.BF4/c1-3-19-16(14-10-6-4-7-11-14)18(20-2)17(21-19)15-12-8-5-9-13-15;2-1(3,4)5/h4-13H,3H2,1-2H3;/q+1;-1.